The number of rotatable bonds is 5. The van der Waals surface area contributed by atoms with Crippen LogP contribution in [-0.2, 0) is 16.6 Å². The van der Waals surface area contributed by atoms with Gasteiger partial charge in [-0.25, -0.2) is 0 Å². The second kappa shape index (κ2) is 7.02. The maximum absolute atomic E-state index is 12.4. The molecular formula is C16H23NO2S. The summed E-state index contributed by atoms with van der Waals surface area (Å²) in [7, 11) is 1.00. The van der Waals surface area contributed by atoms with Gasteiger partial charge in [-0.3, -0.25) is 9.00 Å². The van der Waals surface area contributed by atoms with Crippen molar-refractivity contribution in [3.8, 4) is 0 Å². The van der Waals surface area contributed by atoms with Crippen molar-refractivity contribution in [2.45, 2.75) is 31.4 Å². The van der Waals surface area contributed by atoms with Crippen LogP contribution in [0, 0.1) is 5.92 Å². The second-order valence-corrected chi connectivity index (χ2v) is 7.19. The van der Waals surface area contributed by atoms with Gasteiger partial charge in [-0.15, -0.1) is 0 Å². The molecule has 110 valence electrons. The Bertz CT molecular complexity index is 495. The normalized spacial score (nSPS) is 17.1. The standard InChI is InChI=1S/C16H23NO2S/c1-17(11-13-6-3-4-7-13)16(18)15-9-5-8-14(10-15)12-20(2)19/h5,8-10,13H,3-4,6-7,11-12H2,1-2H3. The highest BCUT2D eigenvalue weighted by Crippen LogP contribution is 2.25. The van der Waals surface area contributed by atoms with E-state index in [-0.39, 0.29) is 5.91 Å². The van der Waals surface area contributed by atoms with Crippen LogP contribution in [0.5, 0.6) is 0 Å². The van der Waals surface area contributed by atoms with Crippen molar-refractivity contribution in [1.29, 1.82) is 0 Å². The average molecular weight is 293 g/mol. The summed E-state index contributed by atoms with van der Waals surface area (Å²) in [5.41, 5.74) is 1.67. The van der Waals surface area contributed by atoms with Crippen molar-refractivity contribution in [2.24, 2.45) is 5.92 Å². The average Bonchev–Trinajstić information content (AvgIpc) is 2.90. The van der Waals surface area contributed by atoms with Gasteiger partial charge in [0, 0.05) is 42.0 Å². The highest BCUT2D eigenvalue weighted by atomic mass is 32.2. The number of carbonyl (C=O) groups excluding carboxylic acids is 1. The van der Waals surface area contributed by atoms with E-state index in [0.29, 0.717) is 17.2 Å². The van der Waals surface area contributed by atoms with Gasteiger partial charge in [-0.2, -0.15) is 0 Å². The topological polar surface area (TPSA) is 37.4 Å². The van der Waals surface area contributed by atoms with Gasteiger partial charge >= 0.3 is 0 Å². The summed E-state index contributed by atoms with van der Waals surface area (Å²) in [5.74, 6) is 1.24. The van der Waals surface area contributed by atoms with Crippen LogP contribution in [0.15, 0.2) is 24.3 Å². The minimum absolute atomic E-state index is 0.0700. The summed E-state index contributed by atoms with van der Waals surface area (Å²) in [6.45, 7) is 0.850. The third-order valence-electron chi connectivity index (χ3n) is 3.90. The molecule has 20 heavy (non-hydrogen) atoms. The highest BCUT2D eigenvalue weighted by molar-refractivity contribution is 7.83. The van der Waals surface area contributed by atoms with E-state index in [1.807, 2.05) is 36.2 Å². The molecule has 3 nitrogen and oxygen atoms in total. The molecular weight excluding hydrogens is 270 g/mol. The second-order valence-electron chi connectivity index (χ2n) is 5.75. The molecule has 1 aromatic rings. The predicted molar refractivity (Wildman–Crippen MR) is 83.1 cm³/mol. The molecule has 0 radical (unpaired) electrons. The molecule has 1 aromatic carbocycles. The number of hydrogen-bond acceptors (Lipinski definition) is 2. The summed E-state index contributed by atoms with van der Waals surface area (Å²) < 4.78 is 11.3. The molecule has 0 N–H and O–H groups in total. The number of benzene rings is 1. The van der Waals surface area contributed by atoms with E-state index < -0.39 is 10.8 Å². The lowest BCUT2D eigenvalue weighted by molar-refractivity contribution is 0.0773. The maximum Gasteiger partial charge on any atom is 0.253 e. The van der Waals surface area contributed by atoms with E-state index in [2.05, 4.69) is 0 Å². The van der Waals surface area contributed by atoms with Gasteiger partial charge in [0.05, 0.1) is 0 Å². The van der Waals surface area contributed by atoms with Crippen LogP contribution >= 0.6 is 0 Å². The van der Waals surface area contributed by atoms with Gasteiger partial charge in [0.15, 0.2) is 0 Å². The molecule has 2 rings (SSSR count). The molecule has 4 heteroatoms. The molecule has 0 spiro atoms. The Labute approximate surface area is 123 Å². The Hall–Kier alpha value is -1.16. The summed E-state index contributed by atoms with van der Waals surface area (Å²) in [4.78, 5) is 14.3. The first-order chi connectivity index (χ1) is 9.56. The van der Waals surface area contributed by atoms with Gasteiger partial charge in [-0.1, -0.05) is 25.0 Å². The molecule has 0 bridgehead atoms. The van der Waals surface area contributed by atoms with Gasteiger partial charge in [-0.05, 0) is 36.5 Å². The van der Waals surface area contributed by atoms with E-state index in [4.69, 9.17) is 0 Å². The highest BCUT2D eigenvalue weighted by Gasteiger charge is 2.20. The SMILES string of the molecule is CN(CC1CCCC1)C(=O)c1cccc(CS(C)=O)c1. The first kappa shape index (κ1) is 15.2. The Kier molecular flexibility index (Phi) is 5.35. The maximum atomic E-state index is 12.4. The molecule has 1 unspecified atom stereocenters. The zero-order valence-corrected chi connectivity index (χ0v) is 13.1. The molecule has 0 aliphatic heterocycles. The minimum Gasteiger partial charge on any atom is -0.341 e. The third-order valence-corrected chi connectivity index (χ3v) is 4.64. The number of amides is 1. The summed E-state index contributed by atoms with van der Waals surface area (Å²) >= 11 is 0. The molecule has 0 heterocycles. The largest absolute Gasteiger partial charge is 0.341 e. The fraction of sp³-hybridized carbons (Fsp3) is 0.562. The number of carbonyl (C=O) groups is 1. The zero-order chi connectivity index (χ0) is 14.5. The molecule has 1 aliphatic rings. The number of hydrogen-bond donors (Lipinski definition) is 0. The van der Waals surface area contributed by atoms with Crippen LogP contribution in [0.2, 0.25) is 0 Å². The van der Waals surface area contributed by atoms with Crippen LogP contribution in [0.25, 0.3) is 0 Å². The van der Waals surface area contributed by atoms with Crippen LogP contribution in [0.3, 0.4) is 0 Å². The van der Waals surface area contributed by atoms with Crippen molar-refractivity contribution in [3.63, 3.8) is 0 Å². The molecule has 1 atom stereocenters. The third kappa shape index (κ3) is 4.17. The molecule has 1 fully saturated rings. The lowest BCUT2D eigenvalue weighted by Gasteiger charge is -2.21. The van der Waals surface area contributed by atoms with E-state index >= 15 is 0 Å². The first-order valence-corrected chi connectivity index (χ1v) is 8.93. The zero-order valence-electron chi connectivity index (χ0n) is 12.3. The van der Waals surface area contributed by atoms with Crippen molar-refractivity contribution >= 4 is 16.7 Å². The fourth-order valence-corrected chi connectivity index (χ4v) is 3.56. The van der Waals surface area contributed by atoms with Crippen molar-refractivity contribution in [1.82, 2.24) is 4.90 Å². The van der Waals surface area contributed by atoms with Crippen molar-refractivity contribution in [3.05, 3.63) is 35.4 Å². The van der Waals surface area contributed by atoms with Crippen LogP contribution in [0.4, 0.5) is 0 Å². The Morgan fingerprint density at radius 1 is 1.35 bits per heavy atom. The van der Waals surface area contributed by atoms with E-state index in [0.717, 1.165) is 12.1 Å². The van der Waals surface area contributed by atoms with E-state index in [9.17, 15) is 9.00 Å². The van der Waals surface area contributed by atoms with Gasteiger partial charge in [0.2, 0.25) is 0 Å². The van der Waals surface area contributed by atoms with Gasteiger partial charge in [0.25, 0.3) is 5.91 Å². The quantitative estimate of drug-likeness (QED) is 0.837. The van der Waals surface area contributed by atoms with Crippen LogP contribution in [0.1, 0.15) is 41.6 Å². The fourth-order valence-electron chi connectivity index (χ4n) is 2.91. The first-order valence-electron chi connectivity index (χ1n) is 7.20. The van der Waals surface area contributed by atoms with E-state index in [1.165, 1.54) is 25.7 Å². The van der Waals surface area contributed by atoms with Crippen molar-refractivity contribution in [2.75, 3.05) is 19.8 Å². The van der Waals surface area contributed by atoms with Crippen LogP contribution < -0.4 is 0 Å². The molecule has 0 saturated heterocycles. The van der Waals surface area contributed by atoms with Crippen molar-refractivity contribution < 1.29 is 9.00 Å². The molecule has 1 aliphatic carbocycles. The minimum atomic E-state index is -0.877. The number of nitrogens with zero attached hydrogens (tertiary/aromatic N) is 1. The summed E-state index contributed by atoms with van der Waals surface area (Å²) in [6, 6.07) is 7.51. The van der Waals surface area contributed by atoms with Crippen LogP contribution in [-0.4, -0.2) is 34.9 Å². The Balaban J connectivity index is 2.01. The summed E-state index contributed by atoms with van der Waals surface area (Å²) in [5, 5.41) is 0. The van der Waals surface area contributed by atoms with Gasteiger partial charge in [0.1, 0.15) is 0 Å². The Morgan fingerprint density at radius 3 is 2.70 bits per heavy atom. The predicted octanol–water partition coefficient (Wildman–Crippen LogP) is 2.83. The monoisotopic (exact) mass is 293 g/mol. The molecule has 1 amide bonds. The molecule has 1 saturated carbocycles. The van der Waals surface area contributed by atoms with Gasteiger partial charge < -0.3 is 4.90 Å². The smallest absolute Gasteiger partial charge is 0.253 e. The summed E-state index contributed by atoms with van der Waals surface area (Å²) in [6.07, 6.45) is 6.76. The lowest BCUT2D eigenvalue weighted by atomic mass is 10.1. The Morgan fingerprint density at radius 2 is 2.05 bits per heavy atom. The van der Waals surface area contributed by atoms with E-state index in [1.54, 1.807) is 6.26 Å². The molecule has 0 aromatic heterocycles. The lowest BCUT2D eigenvalue weighted by Crippen LogP contribution is -2.31.